The number of aromatic nitrogens is 2. The molecule has 0 aliphatic rings. The zero-order chi connectivity index (χ0) is 16.1. The fourth-order valence-corrected chi connectivity index (χ4v) is 1.85. The van der Waals surface area contributed by atoms with Crippen LogP contribution < -0.4 is 5.32 Å². The number of aromatic amines is 1. The number of hydrogen-bond donors (Lipinski definition) is 2. The fraction of sp³-hybridized carbons (Fsp3) is 0.267. The van der Waals surface area contributed by atoms with Crippen molar-refractivity contribution < 1.29 is 18.7 Å². The first kappa shape index (κ1) is 15.7. The van der Waals surface area contributed by atoms with Crippen molar-refractivity contribution in [3.05, 3.63) is 41.8 Å². The summed E-state index contributed by atoms with van der Waals surface area (Å²) in [5.74, 6) is -1.12. The highest BCUT2D eigenvalue weighted by molar-refractivity contribution is 5.96. The highest BCUT2D eigenvalue weighted by atomic mass is 19.1. The molecule has 2 aromatic rings. The van der Waals surface area contributed by atoms with Gasteiger partial charge in [-0.1, -0.05) is 0 Å². The van der Waals surface area contributed by atoms with Crippen LogP contribution in [0, 0.1) is 5.82 Å². The van der Waals surface area contributed by atoms with Gasteiger partial charge in [0.1, 0.15) is 17.5 Å². The number of carbonyl (C=O) groups excluding carboxylic acids is 2. The first-order valence-corrected chi connectivity index (χ1v) is 6.72. The van der Waals surface area contributed by atoms with Crippen LogP contribution in [-0.4, -0.2) is 34.7 Å². The molecule has 1 amide bonds. The Hall–Kier alpha value is -2.70. The van der Waals surface area contributed by atoms with Crippen molar-refractivity contribution in [1.82, 2.24) is 15.5 Å². The molecule has 2 rings (SSSR count). The molecule has 0 fully saturated rings. The molecule has 22 heavy (non-hydrogen) atoms. The highest BCUT2D eigenvalue weighted by Gasteiger charge is 2.19. The van der Waals surface area contributed by atoms with Crippen molar-refractivity contribution in [2.24, 2.45) is 0 Å². The maximum absolute atomic E-state index is 13.0. The molecule has 1 aromatic heterocycles. The molecule has 0 bridgehead atoms. The van der Waals surface area contributed by atoms with Crippen molar-refractivity contribution in [3.63, 3.8) is 0 Å². The number of rotatable bonds is 5. The van der Waals surface area contributed by atoms with Gasteiger partial charge in [-0.05, 0) is 31.2 Å². The number of esters is 1. The number of carbonyl (C=O) groups is 2. The SMILES string of the molecule is CC(=O)NCC(C)OC(=O)c1cn[nH]c1-c1ccc(F)cc1. The average Bonchev–Trinajstić information content (AvgIpc) is 2.95. The molecular formula is C15H16FN3O3. The third kappa shape index (κ3) is 3.91. The van der Waals surface area contributed by atoms with Crippen LogP contribution in [0.15, 0.2) is 30.5 Å². The second kappa shape index (κ2) is 6.84. The summed E-state index contributed by atoms with van der Waals surface area (Å²) in [6.45, 7) is 3.29. The summed E-state index contributed by atoms with van der Waals surface area (Å²) < 4.78 is 18.2. The van der Waals surface area contributed by atoms with E-state index >= 15 is 0 Å². The molecule has 0 aliphatic heterocycles. The van der Waals surface area contributed by atoms with E-state index in [9.17, 15) is 14.0 Å². The third-order valence-electron chi connectivity index (χ3n) is 2.94. The zero-order valence-corrected chi connectivity index (χ0v) is 12.2. The number of hydrogen-bond acceptors (Lipinski definition) is 4. The van der Waals surface area contributed by atoms with Crippen LogP contribution in [0.2, 0.25) is 0 Å². The van der Waals surface area contributed by atoms with Crippen molar-refractivity contribution in [2.75, 3.05) is 6.54 Å². The average molecular weight is 305 g/mol. The number of ether oxygens (including phenoxy) is 1. The van der Waals surface area contributed by atoms with Gasteiger partial charge in [0.15, 0.2) is 0 Å². The Balaban J connectivity index is 2.10. The predicted octanol–water partition coefficient (Wildman–Crippen LogP) is 1.90. The summed E-state index contributed by atoms with van der Waals surface area (Å²) in [5, 5.41) is 9.10. The number of nitrogens with zero attached hydrogens (tertiary/aromatic N) is 1. The lowest BCUT2D eigenvalue weighted by molar-refractivity contribution is -0.119. The van der Waals surface area contributed by atoms with Crippen molar-refractivity contribution in [3.8, 4) is 11.3 Å². The standard InChI is InChI=1S/C15H16FN3O3/c1-9(7-17-10(2)20)22-15(21)13-8-18-19-14(13)11-3-5-12(16)6-4-11/h3-6,8-9H,7H2,1-2H3,(H,17,20)(H,18,19). The van der Waals surface area contributed by atoms with Gasteiger partial charge in [0.25, 0.3) is 0 Å². The molecule has 6 nitrogen and oxygen atoms in total. The normalized spacial score (nSPS) is 11.8. The van der Waals surface area contributed by atoms with Crippen molar-refractivity contribution in [1.29, 1.82) is 0 Å². The third-order valence-corrected chi connectivity index (χ3v) is 2.94. The summed E-state index contributed by atoms with van der Waals surface area (Å²) in [4.78, 5) is 23.0. The predicted molar refractivity (Wildman–Crippen MR) is 77.5 cm³/mol. The molecule has 0 radical (unpaired) electrons. The van der Waals surface area contributed by atoms with Gasteiger partial charge in [-0.3, -0.25) is 9.89 Å². The fourth-order valence-electron chi connectivity index (χ4n) is 1.85. The molecule has 0 saturated heterocycles. The van der Waals surface area contributed by atoms with E-state index in [1.54, 1.807) is 19.1 Å². The number of nitrogens with one attached hydrogen (secondary N) is 2. The van der Waals surface area contributed by atoms with Gasteiger partial charge in [-0.15, -0.1) is 0 Å². The highest BCUT2D eigenvalue weighted by Crippen LogP contribution is 2.22. The van der Waals surface area contributed by atoms with Crippen LogP contribution in [0.5, 0.6) is 0 Å². The van der Waals surface area contributed by atoms with Crippen LogP contribution >= 0.6 is 0 Å². The zero-order valence-electron chi connectivity index (χ0n) is 12.2. The maximum atomic E-state index is 13.0. The Morgan fingerprint density at radius 1 is 1.36 bits per heavy atom. The summed E-state index contributed by atoms with van der Waals surface area (Å²) in [6, 6.07) is 5.68. The summed E-state index contributed by atoms with van der Waals surface area (Å²) in [6.07, 6.45) is 0.874. The molecule has 1 aromatic carbocycles. The van der Waals surface area contributed by atoms with E-state index < -0.39 is 12.1 Å². The van der Waals surface area contributed by atoms with E-state index in [0.717, 1.165) is 0 Å². The minimum atomic E-state index is -0.564. The number of H-pyrrole nitrogens is 1. The van der Waals surface area contributed by atoms with Gasteiger partial charge in [0.2, 0.25) is 5.91 Å². The quantitative estimate of drug-likeness (QED) is 0.826. The Kier molecular flexibility index (Phi) is 4.88. The molecule has 2 N–H and O–H groups in total. The molecule has 116 valence electrons. The largest absolute Gasteiger partial charge is 0.457 e. The lowest BCUT2D eigenvalue weighted by Gasteiger charge is -2.13. The van der Waals surface area contributed by atoms with Gasteiger partial charge < -0.3 is 10.1 Å². The second-order valence-electron chi connectivity index (χ2n) is 4.82. The van der Waals surface area contributed by atoms with E-state index in [1.165, 1.54) is 25.3 Å². The van der Waals surface area contributed by atoms with E-state index in [1.807, 2.05) is 0 Å². The minimum Gasteiger partial charge on any atom is -0.457 e. The van der Waals surface area contributed by atoms with Crippen LogP contribution in [0.3, 0.4) is 0 Å². The van der Waals surface area contributed by atoms with E-state index in [0.29, 0.717) is 11.3 Å². The van der Waals surface area contributed by atoms with E-state index in [2.05, 4.69) is 15.5 Å². The lowest BCUT2D eigenvalue weighted by atomic mass is 10.1. The smallest absolute Gasteiger partial charge is 0.342 e. The van der Waals surface area contributed by atoms with Crippen LogP contribution in [0.1, 0.15) is 24.2 Å². The molecule has 1 unspecified atom stereocenters. The first-order valence-electron chi connectivity index (χ1n) is 6.72. The Labute approximate surface area is 126 Å². The van der Waals surface area contributed by atoms with Crippen molar-refractivity contribution >= 4 is 11.9 Å². The Morgan fingerprint density at radius 2 is 2.05 bits per heavy atom. The van der Waals surface area contributed by atoms with Gasteiger partial charge in [0.05, 0.1) is 18.4 Å². The molecule has 0 saturated carbocycles. The van der Waals surface area contributed by atoms with E-state index in [4.69, 9.17) is 4.74 Å². The molecule has 7 heteroatoms. The van der Waals surface area contributed by atoms with Gasteiger partial charge in [-0.2, -0.15) is 5.10 Å². The maximum Gasteiger partial charge on any atom is 0.342 e. The summed E-state index contributed by atoms with van der Waals surface area (Å²) in [5.41, 5.74) is 1.33. The summed E-state index contributed by atoms with van der Waals surface area (Å²) in [7, 11) is 0. The van der Waals surface area contributed by atoms with Crippen LogP contribution in [0.4, 0.5) is 4.39 Å². The van der Waals surface area contributed by atoms with Crippen LogP contribution in [-0.2, 0) is 9.53 Å². The topological polar surface area (TPSA) is 84.1 Å². The molecular weight excluding hydrogens is 289 g/mol. The number of amides is 1. The minimum absolute atomic E-state index is 0.196. The molecule has 0 aliphatic carbocycles. The monoisotopic (exact) mass is 305 g/mol. The first-order chi connectivity index (χ1) is 10.5. The van der Waals surface area contributed by atoms with Crippen LogP contribution in [0.25, 0.3) is 11.3 Å². The lowest BCUT2D eigenvalue weighted by Crippen LogP contribution is -2.31. The number of halogens is 1. The molecule has 0 spiro atoms. The van der Waals surface area contributed by atoms with Gasteiger partial charge >= 0.3 is 5.97 Å². The van der Waals surface area contributed by atoms with Crippen molar-refractivity contribution in [2.45, 2.75) is 20.0 Å². The Morgan fingerprint density at radius 3 is 2.68 bits per heavy atom. The summed E-state index contributed by atoms with van der Waals surface area (Å²) >= 11 is 0. The van der Waals surface area contributed by atoms with E-state index in [-0.39, 0.29) is 23.8 Å². The molecule has 1 heterocycles. The molecule has 1 atom stereocenters. The second-order valence-corrected chi connectivity index (χ2v) is 4.82. The van der Waals surface area contributed by atoms with Gasteiger partial charge in [-0.25, -0.2) is 9.18 Å². The Bertz CT molecular complexity index is 667. The van der Waals surface area contributed by atoms with Gasteiger partial charge in [0, 0.05) is 12.5 Å². The number of benzene rings is 1.